The maximum Gasteiger partial charge on any atom is 0.309 e. The van der Waals surface area contributed by atoms with Gasteiger partial charge in [0.2, 0.25) is 0 Å². The molecule has 1 N–H and O–H groups in total. The number of hydrogen-bond donors (Lipinski definition) is 1. The topological polar surface area (TPSA) is 50.2 Å². The summed E-state index contributed by atoms with van der Waals surface area (Å²) < 4.78 is 25.3. The van der Waals surface area contributed by atoms with Crippen molar-refractivity contribution in [3.8, 4) is 0 Å². The first-order chi connectivity index (χ1) is 7.45. The second-order valence-corrected chi connectivity index (χ2v) is 3.91. The zero-order valence-electron chi connectivity index (χ0n) is 7.88. The Morgan fingerprint density at radius 2 is 2.25 bits per heavy atom. The van der Waals surface area contributed by atoms with Crippen molar-refractivity contribution in [1.82, 2.24) is 4.98 Å². The number of carboxylic acid groups (broad SMARTS) is 1. The Bertz CT molecular complexity index is 415. The maximum absolute atomic E-state index is 12.7. The summed E-state index contributed by atoms with van der Waals surface area (Å²) in [5.74, 6) is -1.14. The lowest BCUT2D eigenvalue weighted by Gasteiger charge is -2.11. The Morgan fingerprint density at radius 1 is 1.62 bits per heavy atom. The lowest BCUT2D eigenvalue weighted by atomic mass is 10.1. The van der Waals surface area contributed by atoms with Crippen LogP contribution in [0.25, 0.3) is 0 Å². The fourth-order valence-electron chi connectivity index (χ4n) is 1.25. The van der Waals surface area contributed by atoms with E-state index in [2.05, 4.69) is 20.9 Å². The smallest absolute Gasteiger partial charge is 0.309 e. The molecule has 0 bridgehead atoms. The highest BCUT2D eigenvalue weighted by atomic mass is 79.9. The third kappa shape index (κ3) is 3.12. The highest BCUT2D eigenvalue weighted by Gasteiger charge is 2.19. The number of aliphatic carboxylic acids is 1. The van der Waals surface area contributed by atoms with Gasteiger partial charge < -0.3 is 5.11 Å². The van der Waals surface area contributed by atoms with Crippen molar-refractivity contribution in [3.63, 3.8) is 0 Å². The number of rotatable bonds is 4. The number of hydrogen-bond acceptors (Lipinski definition) is 2. The van der Waals surface area contributed by atoms with E-state index >= 15 is 0 Å². The van der Waals surface area contributed by atoms with E-state index in [1.165, 1.54) is 0 Å². The van der Waals surface area contributed by atoms with Gasteiger partial charge in [-0.3, -0.25) is 4.79 Å². The zero-order valence-corrected chi connectivity index (χ0v) is 10.2. The predicted molar refractivity (Wildman–Crippen MR) is 58.2 cm³/mol. The first kappa shape index (κ1) is 13.3. The quantitative estimate of drug-likeness (QED) is 0.686. The molecule has 0 aromatic carbocycles. The van der Waals surface area contributed by atoms with Gasteiger partial charge in [-0.05, 0) is 11.6 Å². The van der Waals surface area contributed by atoms with Crippen molar-refractivity contribution < 1.29 is 18.7 Å². The minimum atomic E-state index is -2.71. The summed E-state index contributed by atoms with van der Waals surface area (Å²) >= 11 is 8.59. The monoisotopic (exact) mass is 313 g/mol. The molecular weight excluding hydrogens is 307 g/mol. The van der Waals surface area contributed by atoms with Crippen molar-refractivity contribution in [2.75, 3.05) is 0 Å². The van der Waals surface area contributed by atoms with Crippen LogP contribution in [-0.2, 0) is 16.5 Å². The molecule has 16 heavy (non-hydrogen) atoms. The van der Waals surface area contributed by atoms with Gasteiger partial charge in [-0.2, -0.15) is 0 Å². The molecule has 0 spiro atoms. The highest BCUT2D eigenvalue weighted by molar-refractivity contribution is 9.08. The fraction of sp³-hybridized carbons (Fsp3) is 0.333. The fourth-order valence-corrected chi connectivity index (χ4v) is 2.12. The Labute approximate surface area is 104 Å². The standard InChI is InChI=1S/C9H7BrClF2NO2/c10-3-5-4(9(12)13)1-7(11)14-6(5)2-8(15)16/h1,9H,2-3H2,(H,15,16). The molecule has 0 saturated heterocycles. The van der Waals surface area contributed by atoms with Crippen LogP contribution >= 0.6 is 27.5 Å². The molecular formula is C9H7BrClF2NO2. The van der Waals surface area contributed by atoms with Crippen LogP contribution in [0.5, 0.6) is 0 Å². The van der Waals surface area contributed by atoms with E-state index in [9.17, 15) is 13.6 Å². The van der Waals surface area contributed by atoms with E-state index in [1.54, 1.807) is 0 Å². The average Bonchev–Trinajstić information content (AvgIpc) is 2.15. The summed E-state index contributed by atoms with van der Waals surface area (Å²) in [5, 5.41) is 8.60. The van der Waals surface area contributed by atoms with Gasteiger partial charge in [-0.15, -0.1) is 0 Å². The molecule has 3 nitrogen and oxygen atoms in total. The molecule has 0 aliphatic carbocycles. The first-order valence-electron chi connectivity index (χ1n) is 4.19. The first-order valence-corrected chi connectivity index (χ1v) is 5.69. The van der Waals surface area contributed by atoms with Crippen LogP contribution in [0.3, 0.4) is 0 Å². The summed E-state index contributed by atoms with van der Waals surface area (Å²) in [5.41, 5.74) is -0.0397. The SMILES string of the molecule is O=C(O)Cc1nc(Cl)cc(C(F)F)c1CBr. The number of aromatic nitrogens is 1. The van der Waals surface area contributed by atoms with Gasteiger partial charge in [0.05, 0.1) is 12.1 Å². The van der Waals surface area contributed by atoms with Gasteiger partial charge in [-0.1, -0.05) is 27.5 Å². The molecule has 1 aromatic heterocycles. The molecule has 0 radical (unpaired) electrons. The molecule has 7 heteroatoms. The largest absolute Gasteiger partial charge is 0.481 e. The third-order valence-corrected chi connectivity index (χ3v) is 2.65. The second-order valence-electron chi connectivity index (χ2n) is 2.96. The molecule has 1 rings (SSSR count). The summed E-state index contributed by atoms with van der Waals surface area (Å²) in [6.07, 6.45) is -3.14. The van der Waals surface area contributed by atoms with Crippen LogP contribution in [-0.4, -0.2) is 16.1 Å². The van der Waals surface area contributed by atoms with E-state index in [4.69, 9.17) is 16.7 Å². The van der Waals surface area contributed by atoms with Gasteiger partial charge in [0.15, 0.2) is 0 Å². The number of carboxylic acids is 1. The molecule has 0 aliphatic rings. The minimum Gasteiger partial charge on any atom is -0.481 e. The molecule has 1 heterocycles. The van der Waals surface area contributed by atoms with Gasteiger partial charge in [0.25, 0.3) is 6.43 Å². The van der Waals surface area contributed by atoms with E-state index in [1.807, 2.05) is 0 Å². The molecule has 0 saturated carbocycles. The van der Waals surface area contributed by atoms with Crippen LogP contribution < -0.4 is 0 Å². The third-order valence-electron chi connectivity index (χ3n) is 1.90. The molecule has 0 fully saturated rings. The van der Waals surface area contributed by atoms with Crippen molar-refractivity contribution in [3.05, 3.63) is 28.0 Å². The van der Waals surface area contributed by atoms with Crippen molar-refractivity contribution in [2.24, 2.45) is 0 Å². The summed E-state index contributed by atoms with van der Waals surface area (Å²) in [6, 6.07) is 1.05. The van der Waals surface area contributed by atoms with Crippen LogP contribution in [0.1, 0.15) is 23.2 Å². The molecule has 0 unspecified atom stereocenters. The van der Waals surface area contributed by atoms with E-state index in [0.717, 1.165) is 6.07 Å². The van der Waals surface area contributed by atoms with Gasteiger partial charge in [0, 0.05) is 10.9 Å². The Balaban J connectivity index is 3.29. The van der Waals surface area contributed by atoms with Crippen LogP contribution in [0.2, 0.25) is 5.15 Å². The Kier molecular flexibility index (Phi) is 4.61. The van der Waals surface area contributed by atoms with Crippen molar-refractivity contribution >= 4 is 33.5 Å². The zero-order chi connectivity index (χ0) is 12.3. The van der Waals surface area contributed by atoms with E-state index < -0.39 is 18.8 Å². The summed E-state index contributed by atoms with van der Waals surface area (Å²) in [7, 11) is 0. The van der Waals surface area contributed by atoms with Gasteiger partial charge in [0.1, 0.15) is 5.15 Å². The van der Waals surface area contributed by atoms with Crippen molar-refractivity contribution in [2.45, 2.75) is 18.2 Å². The number of alkyl halides is 3. The Hall–Kier alpha value is -0.750. The molecule has 0 amide bonds. The van der Waals surface area contributed by atoms with Crippen LogP contribution in [0.4, 0.5) is 8.78 Å². The molecule has 88 valence electrons. The summed E-state index contributed by atoms with van der Waals surface area (Å²) in [6.45, 7) is 0. The number of halogens is 4. The predicted octanol–water partition coefficient (Wildman–Crippen LogP) is 3.19. The Morgan fingerprint density at radius 3 is 2.69 bits per heavy atom. The molecule has 0 atom stereocenters. The summed E-state index contributed by atoms with van der Waals surface area (Å²) in [4.78, 5) is 14.3. The number of nitrogens with zero attached hydrogens (tertiary/aromatic N) is 1. The van der Waals surface area contributed by atoms with Gasteiger partial charge in [-0.25, -0.2) is 13.8 Å². The second kappa shape index (κ2) is 5.54. The van der Waals surface area contributed by atoms with Crippen LogP contribution in [0, 0.1) is 0 Å². The lowest BCUT2D eigenvalue weighted by molar-refractivity contribution is -0.136. The highest BCUT2D eigenvalue weighted by Crippen LogP contribution is 2.29. The van der Waals surface area contributed by atoms with Crippen molar-refractivity contribution in [1.29, 1.82) is 0 Å². The van der Waals surface area contributed by atoms with Gasteiger partial charge >= 0.3 is 5.97 Å². The lowest BCUT2D eigenvalue weighted by Crippen LogP contribution is -2.08. The average molecular weight is 315 g/mol. The normalized spacial score (nSPS) is 10.8. The van der Waals surface area contributed by atoms with Crippen LogP contribution in [0.15, 0.2) is 6.07 Å². The maximum atomic E-state index is 12.7. The number of carbonyl (C=O) groups is 1. The van der Waals surface area contributed by atoms with E-state index in [-0.39, 0.29) is 27.3 Å². The van der Waals surface area contributed by atoms with E-state index in [0.29, 0.717) is 0 Å². The molecule has 1 aromatic rings. The minimum absolute atomic E-state index is 0.0622. The number of pyridine rings is 1. The molecule has 0 aliphatic heterocycles.